The van der Waals surface area contributed by atoms with Crippen LogP contribution in [0.2, 0.25) is 0 Å². The monoisotopic (exact) mass is 400 g/mol. The Morgan fingerprint density at radius 2 is 1.61 bits per heavy atom. The zero-order valence-corrected chi connectivity index (χ0v) is 15.4. The average molecular weight is 400 g/mol. The first-order valence-corrected chi connectivity index (χ1v) is 8.88. The minimum Gasteiger partial charge on any atom is -0.478 e. The van der Waals surface area contributed by atoms with Gasteiger partial charge < -0.3 is 10.4 Å². The van der Waals surface area contributed by atoms with Crippen molar-refractivity contribution < 1.29 is 23.5 Å². The van der Waals surface area contributed by atoms with Gasteiger partial charge in [-0.1, -0.05) is 18.2 Å². The number of rotatable bonds is 5. The summed E-state index contributed by atoms with van der Waals surface area (Å²) in [6.45, 7) is 1.77. The van der Waals surface area contributed by atoms with Crippen molar-refractivity contribution in [1.29, 1.82) is 5.41 Å². The van der Waals surface area contributed by atoms with Crippen LogP contribution in [0, 0.1) is 24.0 Å². The molecule has 0 radical (unpaired) electrons. The Morgan fingerprint density at radius 3 is 2.18 bits per heavy atom. The van der Waals surface area contributed by atoms with Crippen LogP contribution in [0.4, 0.5) is 14.5 Å². The van der Waals surface area contributed by atoms with Gasteiger partial charge in [0, 0.05) is 10.4 Å². The van der Waals surface area contributed by atoms with E-state index in [2.05, 4.69) is 5.32 Å². The molecular weight excluding hydrogens is 386 g/mol. The van der Waals surface area contributed by atoms with Crippen LogP contribution in [0.1, 0.15) is 36.0 Å². The van der Waals surface area contributed by atoms with Crippen LogP contribution in [-0.2, 0) is 0 Å². The molecule has 0 saturated carbocycles. The van der Waals surface area contributed by atoms with Crippen LogP contribution in [-0.4, -0.2) is 22.7 Å². The second-order valence-corrected chi connectivity index (χ2v) is 7.16. The van der Waals surface area contributed by atoms with Crippen LogP contribution < -0.4 is 5.32 Å². The van der Waals surface area contributed by atoms with Gasteiger partial charge in [-0.05, 0) is 37.3 Å². The second kappa shape index (κ2) is 7.69. The molecule has 0 aliphatic heterocycles. The van der Waals surface area contributed by atoms with Gasteiger partial charge in [0.05, 0.1) is 21.8 Å². The number of aromatic carboxylic acids is 1. The maximum absolute atomic E-state index is 13.8. The highest BCUT2D eigenvalue weighted by molar-refractivity contribution is 7.14. The number of benzene rings is 2. The Hall–Kier alpha value is -3.39. The molecule has 0 aliphatic carbocycles. The van der Waals surface area contributed by atoms with Crippen molar-refractivity contribution in [3.63, 3.8) is 0 Å². The number of hydrogen-bond acceptors (Lipinski definition) is 4. The van der Waals surface area contributed by atoms with Gasteiger partial charge in [-0.2, -0.15) is 0 Å². The van der Waals surface area contributed by atoms with E-state index in [-0.39, 0.29) is 17.0 Å². The SMILES string of the molecule is Cc1cc(NC(=O)c2c(F)cccc2F)c(C(=N)c2ccc(C(=O)O)cc2)s1. The number of carbonyl (C=O) groups is 2. The lowest BCUT2D eigenvalue weighted by Crippen LogP contribution is -2.17. The van der Waals surface area contributed by atoms with Crippen LogP contribution in [0.5, 0.6) is 0 Å². The van der Waals surface area contributed by atoms with Crippen molar-refractivity contribution in [2.24, 2.45) is 0 Å². The summed E-state index contributed by atoms with van der Waals surface area (Å²) >= 11 is 1.23. The summed E-state index contributed by atoms with van der Waals surface area (Å²) in [5.41, 5.74) is 0.137. The lowest BCUT2D eigenvalue weighted by atomic mass is 10.1. The molecule has 142 valence electrons. The normalized spacial score (nSPS) is 10.5. The molecular formula is C20H14F2N2O3S. The fourth-order valence-electron chi connectivity index (χ4n) is 2.60. The molecule has 0 atom stereocenters. The maximum Gasteiger partial charge on any atom is 0.335 e. The van der Waals surface area contributed by atoms with E-state index in [1.54, 1.807) is 13.0 Å². The van der Waals surface area contributed by atoms with E-state index in [1.165, 1.54) is 35.6 Å². The standard InChI is InChI=1S/C20H14F2N2O3S/c1-10-9-15(24-19(25)16-13(21)3-2-4-14(16)22)18(28-10)17(23)11-5-7-12(8-6-11)20(26)27/h2-9,23H,1H3,(H,24,25)(H,26,27). The number of aryl methyl sites for hydroxylation is 1. The first-order valence-electron chi connectivity index (χ1n) is 8.06. The Kier molecular flexibility index (Phi) is 5.32. The van der Waals surface area contributed by atoms with E-state index in [9.17, 15) is 18.4 Å². The number of thiophene rings is 1. The molecule has 8 heteroatoms. The number of carboxylic acid groups (broad SMARTS) is 1. The molecule has 1 heterocycles. The van der Waals surface area contributed by atoms with Crippen LogP contribution >= 0.6 is 11.3 Å². The van der Waals surface area contributed by atoms with Gasteiger partial charge in [-0.3, -0.25) is 10.2 Å². The second-order valence-electron chi connectivity index (χ2n) is 5.91. The summed E-state index contributed by atoms with van der Waals surface area (Å²) in [6, 6.07) is 10.5. The molecule has 2 aromatic carbocycles. The summed E-state index contributed by atoms with van der Waals surface area (Å²) < 4.78 is 27.7. The lowest BCUT2D eigenvalue weighted by Gasteiger charge is -2.09. The summed E-state index contributed by atoms with van der Waals surface area (Å²) in [4.78, 5) is 24.5. The third kappa shape index (κ3) is 3.81. The minimum atomic E-state index is -1.08. The Labute approximate surface area is 162 Å². The third-order valence-electron chi connectivity index (χ3n) is 3.94. The highest BCUT2D eigenvalue weighted by Gasteiger charge is 2.21. The molecule has 3 rings (SSSR count). The predicted octanol–water partition coefficient (Wildman–Crippen LogP) is 4.70. The lowest BCUT2D eigenvalue weighted by molar-refractivity contribution is 0.0696. The van der Waals surface area contributed by atoms with Gasteiger partial charge in [-0.25, -0.2) is 13.6 Å². The number of carbonyl (C=O) groups excluding carboxylic acids is 1. The summed E-state index contributed by atoms with van der Waals surface area (Å²) in [6.07, 6.45) is 0. The van der Waals surface area contributed by atoms with Gasteiger partial charge in [0.1, 0.15) is 17.2 Å². The Bertz CT molecular complexity index is 1070. The van der Waals surface area contributed by atoms with Crippen molar-refractivity contribution in [3.8, 4) is 0 Å². The molecule has 1 aromatic heterocycles. The zero-order valence-electron chi connectivity index (χ0n) is 14.5. The quantitative estimate of drug-likeness (QED) is 0.542. The van der Waals surface area contributed by atoms with Gasteiger partial charge in [0.15, 0.2) is 0 Å². The van der Waals surface area contributed by atoms with Crippen molar-refractivity contribution in [1.82, 2.24) is 0 Å². The van der Waals surface area contributed by atoms with E-state index in [0.29, 0.717) is 10.4 Å². The largest absolute Gasteiger partial charge is 0.478 e. The fraction of sp³-hybridized carbons (Fsp3) is 0.0500. The average Bonchev–Trinajstić information content (AvgIpc) is 3.01. The van der Waals surface area contributed by atoms with Crippen molar-refractivity contribution >= 4 is 34.6 Å². The molecule has 0 saturated heterocycles. The number of halogens is 2. The number of anilines is 1. The molecule has 5 nitrogen and oxygen atoms in total. The number of amides is 1. The first-order chi connectivity index (χ1) is 13.3. The molecule has 0 spiro atoms. The topological polar surface area (TPSA) is 90.3 Å². The minimum absolute atomic E-state index is 0.0549. The van der Waals surface area contributed by atoms with Gasteiger partial charge in [-0.15, -0.1) is 11.3 Å². The zero-order chi connectivity index (χ0) is 20.4. The van der Waals surface area contributed by atoms with E-state index in [4.69, 9.17) is 10.5 Å². The summed E-state index contributed by atoms with van der Waals surface area (Å²) in [5.74, 6) is -4.00. The first kappa shape index (κ1) is 19.4. The fourth-order valence-corrected chi connectivity index (χ4v) is 3.54. The highest BCUT2D eigenvalue weighted by atomic mass is 32.1. The smallest absolute Gasteiger partial charge is 0.335 e. The molecule has 28 heavy (non-hydrogen) atoms. The van der Waals surface area contributed by atoms with E-state index in [1.807, 2.05) is 0 Å². The van der Waals surface area contributed by atoms with Gasteiger partial charge in [0.25, 0.3) is 5.91 Å². The van der Waals surface area contributed by atoms with Crippen LogP contribution in [0.25, 0.3) is 0 Å². The summed E-state index contributed by atoms with van der Waals surface area (Å²) in [7, 11) is 0. The molecule has 0 unspecified atom stereocenters. The predicted molar refractivity (Wildman–Crippen MR) is 103 cm³/mol. The van der Waals surface area contributed by atoms with Crippen LogP contribution in [0.3, 0.4) is 0 Å². The Morgan fingerprint density at radius 1 is 1.04 bits per heavy atom. The van der Waals surface area contributed by atoms with E-state index < -0.39 is 29.1 Å². The van der Waals surface area contributed by atoms with Crippen LogP contribution in [0.15, 0.2) is 48.5 Å². The Balaban J connectivity index is 1.92. The van der Waals surface area contributed by atoms with E-state index >= 15 is 0 Å². The van der Waals surface area contributed by atoms with Crippen molar-refractivity contribution in [3.05, 3.63) is 86.6 Å². The van der Waals surface area contributed by atoms with Gasteiger partial charge in [0.2, 0.25) is 0 Å². The van der Waals surface area contributed by atoms with Crippen molar-refractivity contribution in [2.45, 2.75) is 6.92 Å². The van der Waals surface area contributed by atoms with Crippen molar-refractivity contribution in [2.75, 3.05) is 5.32 Å². The summed E-state index contributed by atoms with van der Waals surface area (Å²) in [5, 5.41) is 19.8. The molecule has 1 amide bonds. The molecule has 0 fully saturated rings. The number of hydrogen-bond donors (Lipinski definition) is 3. The number of nitrogens with one attached hydrogen (secondary N) is 2. The third-order valence-corrected chi connectivity index (χ3v) is 5.01. The molecule has 0 aliphatic rings. The highest BCUT2D eigenvalue weighted by Crippen LogP contribution is 2.30. The van der Waals surface area contributed by atoms with E-state index in [0.717, 1.165) is 23.1 Å². The number of carboxylic acids is 1. The van der Waals surface area contributed by atoms with Gasteiger partial charge >= 0.3 is 5.97 Å². The molecule has 3 N–H and O–H groups in total. The molecule has 3 aromatic rings. The molecule has 0 bridgehead atoms. The maximum atomic E-state index is 13.8.